The summed E-state index contributed by atoms with van der Waals surface area (Å²) in [5, 5.41) is 3.24. The van der Waals surface area contributed by atoms with E-state index in [1.54, 1.807) is 12.1 Å². The molecule has 0 bridgehead atoms. The van der Waals surface area contributed by atoms with Gasteiger partial charge in [0.15, 0.2) is 0 Å². The number of hydrogen-bond acceptors (Lipinski definition) is 3. The third kappa shape index (κ3) is 4.61. The molecule has 1 aromatic carbocycles. The fourth-order valence-electron chi connectivity index (χ4n) is 2.66. The van der Waals surface area contributed by atoms with Crippen LogP contribution >= 0.6 is 0 Å². The molecular formula is C15H20F3NO2. The lowest BCUT2D eigenvalue weighted by atomic mass is 9.89. The normalized spacial score (nSPS) is 23.0. The average Bonchev–Trinajstić information content (AvgIpc) is 2.44. The molecule has 1 N–H and O–H groups in total. The quantitative estimate of drug-likeness (QED) is 0.900. The van der Waals surface area contributed by atoms with Crippen molar-refractivity contribution in [1.82, 2.24) is 5.32 Å². The number of ether oxygens (including phenoxy) is 2. The number of hydrogen-bond donors (Lipinski definition) is 1. The van der Waals surface area contributed by atoms with E-state index in [-0.39, 0.29) is 17.8 Å². The zero-order valence-electron chi connectivity index (χ0n) is 12.0. The summed E-state index contributed by atoms with van der Waals surface area (Å²) < 4.78 is 47.4. The van der Waals surface area contributed by atoms with Gasteiger partial charge >= 0.3 is 6.36 Å². The Morgan fingerprint density at radius 3 is 2.81 bits per heavy atom. The summed E-state index contributed by atoms with van der Waals surface area (Å²) in [5.41, 5.74) is 0.470. The molecule has 2 atom stereocenters. The molecule has 118 valence electrons. The van der Waals surface area contributed by atoms with Crippen LogP contribution in [-0.2, 0) is 4.74 Å². The average molecular weight is 303 g/mol. The van der Waals surface area contributed by atoms with E-state index in [4.69, 9.17) is 4.74 Å². The number of nitrogens with one attached hydrogen (secondary N) is 1. The van der Waals surface area contributed by atoms with Gasteiger partial charge in [-0.2, -0.15) is 0 Å². The summed E-state index contributed by atoms with van der Waals surface area (Å²) in [6.45, 7) is 4.11. The Hall–Kier alpha value is -1.27. The Balaban J connectivity index is 2.21. The van der Waals surface area contributed by atoms with Gasteiger partial charge in [0.1, 0.15) is 5.75 Å². The zero-order valence-corrected chi connectivity index (χ0v) is 12.0. The topological polar surface area (TPSA) is 30.5 Å². The molecule has 0 amide bonds. The van der Waals surface area contributed by atoms with Gasteiger partial charge in [0.05, 0.1) is 6.10 Å². The van der Waals surface area contributed by atoms with Crippen molar-refractivity contribution in [2.45, 2.75) is 32.2 Å². The van der Waals surface area contributed by atoms with Crippen LogP contribution < -0.4 is 10.1 Å². The van der Waals surface area contributed by atoms with Crippen LogP contribution in [0.4, 0.5) is 13.2 Å². The standard InChI is InChI=1S/C15H20F3NO2/c1-2-19-10-11-6-5-9-20-14(11)12-7-3-4-8-13(12)21-15(16,17)18/h3-4,7-8,11,14,19H,2,5-6,9-10H2,1H3. The second-order valence-electron chi connectivity index (χ2n) is 5.09. The number of halogens is 3. The predicted molar refractivity (Wildman–Crippen MR) is 73.1 cm³/mol. The molecule has 0 saturated carbocycles. The lowest BCUT2D eigenvalue weighted by Gasteiger charge is -2.33. The van der Waals surface area contributed by atoms with Crippen molar-refractivity contribution >= 4 is 0 Å². The van der Waals surface area contributed by atoms with Crippen LogP contribution in [0.25, 0.3) is 0 Å². The van der Waals surface area contributed by atoms with Gasteiger partial charge in [-0.1, -0.05) is 25.1 Å². The zero-order chi connectivity index (χ0) is 15.3. The molecule has 0 radical (unpaired) electrons. The summed E-state index contributed by atoms with van der Waals surface area (Å²) >= 11 is 0. The maximum absolute atomic E-state index is 12.5. The van der Waals surface area contributed by atoms with Crippen molar-refractivity contribution < 1.29 is 22.6 Å². The number of para-hydroxylation sites is 1. The molecule has 1 aromatic rings. The first-order chi connectivity index (χ1) is 10.0. The minimum atomic E-state index is -4.69. The fraction of sp³-hybridized carbons (Fsp3) is 0.600. The van der Waals surface area contributed by atoms with Gasteiger partial charge in [-0.15, -0.1) is 13.2 Å². The first kappa shape index (κ1) is 16.1. The predicted octanol–water partition coefficient (Wildman–Crippen LogP) is 3.66. The second kappa shape index (κ2) is 7.13. The minimum absolute atomic E-state index is 0.150. The highest BCUT2D eigenvalue weighted by Crippen LogP contribution is 2.39. The van der Waals surface area contributed by atoms with Crippen molar-refractivity contribution in [2.24, 2.45) is 5.92 Å². The monoisotopic (exact) mass is 303 g/mol. The molecule has 1 heterocycles. The van der Waals surface area contributed by atoms with Crippen molar-refractivity contribution in [3.63, 3.8) is 0 Å². The van der Waals surface area contributed by atoms with Crippen LogP contribution in [0, 0.1) is 5.92 Å². The van der Waals surface area contributed by atoms with Gasteiger partial charge in [0.2, 0.25) is 0 Å². The first-order valence-corrected chi connectivity index (χ1v) is 7.18. The lowest BCUT2D eigenvalue weighted by Crippen LogP contribution is -2.32. The third-order valence-electron chi connectivity index (χ3n) is 3.55. The van der Waals surface area contributed by atoms with E-state index < -0.39 is 6.36 Å². The van der Waals surface area contributed by atoms with Crippen molar-refractivity contribution in [3.05, 3.63) is 29.8 Å². The van der Waals surface area contributed by atoms with Crippen LogP contribution in [0.5, 0.6) is 5.75 Å². The molecule has 1 aliphatic heterocycles. The largest absolute Gasteiger partial charge is 0.573 e. The van der Waals surface area contributed by atoms with E-state index in [1.165, 1.54) is 12.1 Å². The van der Waals surface area contributed by atoms with Gasteiger partial charge in [-0.3, -0.25) is 0 Å². The Morgan fingerprint density at radius 1 is 1.33 bits per heavy atom. The molecular weight excluding hydrogens is 283 g/mol. The summed E-state index contributed by atoms with van der Waals surface area (Å²) in [6.07, 6.45) is -3.20. The number of benzene rings is 1. The van der Waals surface area contributed by atoms with Gasteiger partial charge < -0.3 is 14.8 Å². The Labute approximate surface area is 122 Å². The van der Waals surface area contributed by atoms with Crippen molar-refractivity contribution in [3.8, 4) is 5.75 Å². The molecule has 0 aliphatic carbocycles. The summed E-state index contributed by atoms with van der Waals surface area (Å²) in [6, 6.07) is 6.23. The lowest BCUT2D eigenvalue weighted by molar-refractivity contribution is -0.275. The van der Waals surface area contributed by atoms with E-state index in [2.05, 4.69) is 10.1 Å². The molecule has 1 saturated heterocycles. The highest BCUT2D eigenvalue weighted by Gasteiger charge is 2.35. The molecule has 1 fully saturated rings. The molecule has 21 heavy (non-hydrogen) atoms. The van der Waals surface area contributed by atoms with Crippen LogP contribution in [0.1, 0.15) is 31.4 Å². The van der Waals surface area contributed by atoms with Gasteiger partial charge in [-0.25, -0.2) is 0 Å². The SMILES string of the molecule is CCNCC1CCCOC1c1ccccc1OC(F)(F)F. The molecule has 2 unspecified atom stereocenters. The molecule has 3 nitrogen and oxygen atoms in total. The Kier molecular flexibility index (Phi) is 5.47. The first-order valence-electron chi connectivity index (χ1n) is 7.18. The minimum Gasteiger partial charge on any atom is -0.405 e. The fourth-order valence-corrected chi connectivity index (χ4v) is 2.66. The smallest absolute Gasteiger partial charge is 0.405 e. The highest BCUT2D eigenvalue weighted by molar-refractivity contribution is 5.36. The van der Waals surface area contributed by atoms with E-state index >= 15 is 0 Å². The summed E-state index contributed by atoms with van der Waals surface area (Å²) in [4.78, 5) is 0. The van der Waals surface area contributed by atoms with E-state index in [0.29, 0.717) is 12.2 Å². The second-order valence-corrected chi connectivity index (χ2v) is 5.09. The molecule has 0 spiro atoms. The maximum Gasteiger partial charge on any atom is 0.573 e. The Morgan fingerprint density at radius 2 is 2.10 bits per heavy atom. The molecule has 6 heteroatoms. The number of rotatable bonds is 5. The van der Waals surface area contributed by atoms with Gasteiger partial charge in [-0.05, 0) is 25.5 Å². The van der Waals surface area contributed by atoms with Gasteiger partial charge in [0, 0.05) is 24.6 Å². The summed E-state index contributed by atoms with van der Waals surface area (Å²) in [7, 11) is 0. The van der Waals surface area contributed by atoms with E-state index in [1.807, 2.05) is 6.92 Å². The van der Waals surface area contributed by atoms with Crippen LogP contribution in [0.15, 0.2) is 24.3 Å². The van der Waals surface area contributed by atoms with Crippen molar-refractivity contribution in [1.29, 1.82) is 0 Å². The third-order valence-corrected chi connectivity index (χ3v) is 3.55. The molecule has 1 aliphatic rings. The van der Waals surface area contributed by atoms with E-state index in [0.717, 1.165) is 25.9 Å². The molecule has 2 rings (SSSR count). The molecule has 0 aromatic heterocycles. The van der Waals surface area contributed by atoms with E-state index in [9.17, 15) is 13.2 Å². The van der Waals surface area contributed by atoms with Crippen LogP contribution in [0.3, 0.4) is 0 Å². The summed E-state index contributed by atoms with van der Waals surface area (Å²) in [5.74, 6) is -0.0184. The van der Waals surface area contributed by atoms with Gasteiger partial charge in [0.25, 0.3) is 0 Å². The number of alkyl halides is 3. The van der Waals surface area contributed by atoms with Crippen molar-refractivity contribution in [2.75, 3.05) is 19.7 Å². The maximum atomic E-state index is 12.5. The van der Waals surface area contributed by atoms with Crippen LogP contribution in [0.2, 0.25) is 0 Å². The Bertz CT molecular complexity index is 451. The van der Waals surface area contributed by atoms with Crippen LogP contribution in [-0.4, -0.2) is 26.1 Å². The highest BCUT2D eigenvalue weighted by atomic mass is 19.4.